The van der Waals surface area contributed by atoms with Gasteiger partial charge in [0.15, 0.2) is 0 Å². The Morgan fingerprint density at radius 2 is 2.19 bits per heavy atom. The van der Waals surface area contributed by atoms with Gasteiger partial charge in [0, 0.05) is 25.7 Å². The Labute approximate surface area is 98.7 Å². The van der Waals surface area contributed by atoms with Crippen LogP contribution in [0.3, 0.4) is 0 Å². The first-order chi connectivity index (χ1) is 7.72. The van der Waals surface area contributed by atoms with Gasteiger partial charge in [-0.3, -0.25) is 10.4 Å². The SMILES string of the molecule is CCN=C(NN)N1CCCN(C)CC1CC. The first-order valence-corrected chi connectivity index (χ1v) is 6.19. The van der Waals surface area contributed by atoms with Crippen molar-refractivity contribution in [3.63, 3.8) is 0 Å². The Bertz CT molecular complexity index is 228. The van der Waals surface area contributed by atoms with Crippen LogP contribution in [-0.4, -0.2) is 55.0 Å². The molecule has 0 aromatic heterocycles. The lowest BCUT2D eigenvalue weighted by molar-refractivity contribution is 0.259. The maximum Gasteiger partial charge on any atom is 0.208 e. The molecule has 0 bridgehead atoms. The molecule has 0 aromatic carbocycles. The molecule has 0 radical (unpaired) electrons. The summed E-state index contributed by atoms with van der Waals surface area (Å²) in [6.45, 7) is 8.28. The highest BCUT2D eigenvalue weighted by Crippen LogP contribution is 2.11. The third-order valence-corrected chi connectivity index (χ3v) is 3.08. The number of nitrogens with one attached hydrogen (secondary N) is 1. The molecule has 94 valence electrons. The topological polar surface area (TPSA) is 56.9 Å². The molecule has 0 amide bonds. The zero-order chi connectivity index (χ0) is 12.0. The fraction of sp³-hybridized carbons (Fsp3) is 0.909. The fourth-order valence-electron chi connectivity index (χ4n) is 2.24. The summed E-state index contributed by atoms with van der Waals surface area (Å²) in [6, 6.07) is 0.508. The van der Waals surface area contributed by atoms with E-state index in [1.54, 1.807) is 0 Å². The lowest BCUT2D eigenvalue weighted by atomic mass is 10.2. The number of hydrazine groups is 1. The summed E-state index contributed by atoms with van der Waals surface area (Å²) < 4.78 is 0. The van der Waals surface area contributed by atoms with Crippen LogP contribution in [-0.2, 0) is 0 Å². The maximum absolute atomic E-state index is 5.56. The number of hydrogen-bond donors (Lipinski definition) is 2. The molecule has 1 aliphatic heterocycles. The van der Waals surface area contributed by atoms with Crippen LogP contribution in [0.15, 0.2) is 4.99 Å². The van der Waals surface area contributed by atoms with Gasteiger partial charge in [-0.05, 0) is 33.4 Å². The molecule has 1 fully saturated rings. The van der Waals surface area contributed by atoms with Gasteiger partial charge >= 0.3 is 0 Å². The molecule has 0 aliphatic carbocycles. The molecule has 0 aromatic rings. The molecule has 1 unspecified atom stereocenters. The van der Waals surface area contributed by atoms with E-state index in [1.807, 2.05) is 6.92 Å². The van der Waals surface area contributed by atoms with E-state index in [-0.39, 0.29) is 0 Å². The standard InChI is InChI=1S/C11H25N5/c1-4-10-9-15(3)7-6-8-16(10)11(14-12)13-5-2/h10H,4-9,12H2,1-3H3,(H,13,14). The Balaban J connectivity index is 2.77. The van der Waals surface area contributed by atoms with Gasteiger partial charge < -0.3 is 9.80 Å². The predicted octanol–water partition coefficient (Wildman–Crippen LogP) is 0.242. The molecule has 16 heavy (non-hydrogen) atoms. The largest absolute Gasteiger partial charge is 0.338 e. The van der Waals surface area contributed by atoms with Crippen LogP contribution < -0.4 is 11.3 Å². The van der Waals surface area contributed by atoms with Crippen molar-refractivity contribution in [3.05, 3.63) is 0 Å². The second-order valence-corrected chi connectivity index (χ2v) is 4.31. The number of nitrogens with zero attached hydrogens (tertiary/aromatic N) is 3. The first-order valence-electron chi connectivity index (χ1n) is 6.19. The molecule has 1 heterocycles. The number of rotatable bonds is 2. The number of aliphatic imine (C=N–C) groups is 1. The summed E-state index contributed by atoms with van der Waals surface area (Å²) in [4.78, 5) is 9.11. The fourth-order valence-corrected chi connectivity index (χ4v) is 2.24. The molecular weight excluding hydrogens is 202 g/mol. The normalized spacial score (nSPS) is 24.4. The van der Waals surface area contributed by atoms with E-state index >= 15 is 0 Å². The van der Waals surface area contributed by atoms with Crippen LogP contribution in [0.2, 0.25) is 0 Å². The van der Waals surface area contributed by atoms with E-state index in [4.69, 9.17) is 5.84 Å². The molecule has 1 aliphatic rings. The second kappa shape index (κ2) is 6.70. The summed E-state index contributed by atoms with van der Waals surface area (Å²) >= 11 is 0. The Hall–Kier alpha value is -0.810. The first kappa shape index (κ1) is 13.3. The molecular formula is C11H25N5. The van der Waals surface area contributed by atoms with Gasteiger partial charge in [0.25, 0.3) is 0 Å². The van der Waals surface area contributed by atoms with Crippen LogP contribution >= 0.6 is 0 Å². The molecule has 1 saturated heterocycles. The molecule has 0 spiro atoms. The third kappa shape index (κ3) is 3.35. The van der Waals surface area contributed by atoms with Crippen molar-refractivity contribution in [2.24, 2.45) is 10.8 Å². The van der Waals surface area contributed by atoms with Gasteiger partial charge in [0.05, 0.1) is 0 Å². The Morgan fingerprint density at radius 3 is 2.75 bits per heavy atom. The Morgan fingerprint density at radius 1 is 1.44 bits per heavy atom. The molecule has 1 rings (SSSR count). The zero-order valence-electron chi connectivity index (χ0n) is 10.7. The van der Waals surface area contributed by atoms with E-state index in [1.165, 1.54) is 0 Å². The summed E-state index contributed by atoms with van der Waals surface area (Å²) in [6.07, 6.45) is 2.28. The Kier molecular flexibility index (Phi) is 5.55. The number of hydrogen-bond acceptors (Lipinski definition) is 3. The monoisotopic (exact) mass is 227 g/mol. The highest BCUT2D eigenvalue weighted by atomic mass is 15.4. The van der Waals surface area contributed by atoms with Crippen molar-refractivity contribution in [2.45, 2.75) is 32.7 Å². The van der Waals surface area contributed by atoms with Crippen molar-refractivity contribution in [2.75, 3.05) is 33.2 Å². The highest BCUT2D eigenvalue weighted by molar-refractivity contribution is 5.79. The number of likely N-dealkylation sites (N-methyl/N-ethyl adjacent to an activating group) is 1. The van der Waals surface area contributed by atoms with Crippen molar-refractivity contribution < 1.29 is 0 Å². The van der Waals surface area contributed by atoms with Gasteiger partial charge in [0.2, 0.25) is 5.96 Å². The maximum atomic E-state index is 5.56. The minimum absolute atomic E-state index is 0.508. The van der Waals surface area contributed by atoms with E-state index in [2.05, 4.69) is 34.2 Å². The summed E-state index contributed by atoms with van der Waals surface area (Å²) in [5.74, 6) is 6.39. The molecule has 5 nitrogen and oxygen atoms in total. The lowest BCUT2D eigenvalue weighted by Crippen LogP contribution is -2.51. The van der Waals surface area contributed by atoms with Gasteiger partial charge in [-0.1, -0.05) is 6.92 Å². The average Bonchev–Trinajstić information content (AvgIpc) is 2.47. The molecule has 0 saturated carbocycles. The van der Waals surface area contributed by atoms with Crippen molar-refractivity contribution in [3.8, 4) is 0 Å². The van der Waals surface area contributed by atoms with E-state index < -0.39 is 0 Å². The minimum Gasteiger partial charge on any atom is -0.338 e. The number of nitrogens with two attached hydrogens (primary N) is 1. The zero-order valence-corrected chi connectivity index (χ0v) is 10.7. The second-order valence-electron chi connectivity index (χ2n) is 4.31. The molecule has 1 atom stereocenters. The van der Waals surface area contributed by atoms with Crippen LogP contribution in [0.25, 0.3) is 0 Å². The van der Waals surface area contributed by atoms with Crippen LogP contribution in [0.4, 0.5) is 0 Å². The van der Waals surface area contributed by atoms with Gasteiger partial charge in [0.1, 0.15) is 0 Å². The quantitative estimate of drug-likeness (QED) is 0.307. The highest BCUT2D eigenvalue weighted by Gasteiger charge is 2.24. The van der Waals surface area contributed by atoms with E-state index in [9.17, 15) is 0 Å². The average molecular weight is 227 g/mol. The third-order valence-electron chi connectivity index (χ3n) is 3.08. The van der Waals surface area contributed by atoms with E-state index in [0.717, 1.165) is 45.0 Å². The van der Waals surface area contributed by atoms with Crippen molar-refractivity contribution >= 4 is 5.96 Å². The molecule has 5 heteroatoms. The van der Waals surface area contributed by atoms with Crippen molar-refractivity contribution in [1.82, 2.24) is 15.2 Å². The van der Waals surface area contributed by atoms with Gasteiger partial charge in [-0.15, -0.1) is 0 Å². The van der Waals surface area contributed by atoms with E-state index in [0.29, 0.717) is 6.04 Å². The molecule has 3 N–H and O–H groups in total. The van der Waals surface area contributed by atoms with Crippen LogP contribution in [0, 0.1) is 0 Å². The van der Waals surface area contributed by atoms with Crippen LogP contribution in [0.5, 0.6) is 0 Å². The lowest BCUT2D eigenvalue weighted by Gasteiger charge is -2.32. The van der Waals surface area contributed by atoms with Gasteiger partial charge in [-0.2, -0.15) is 0 Å². The minimum atomic E-state index is 0.508. The van der Waals surface area contributed by atoms with Crippen molar-refractivity contribution in [1.29, 1.82) is 0 Å². The summed E-state index contributed by atoms with van der Waals surface area (Å²) in [5.41, 5.74) is 2.74. The summed E-state index contributed by atoms with van der Waals surface area (Å²) in [5, 5.41) is 0. The van der Waals surface area contributed by atoms with Crippen LogP contribution in [0.1, 0.15) is 26.7 Å². The predicted molar refractivity (Wildman–Crippen MR) is 68.2 cm³/mol. The van der Waals surface area contributed by atoms with Gasteiger partial charge in [-0.25, -0.2) is 5.84 Å². The smallest absolute Gasteiger partial charge is 0.208 e. The summed E-state index contributed by atoms with van der Waals surface area (Å²) in [7, 11) is 2.18. The number of guanidine groups is 1.